The average molecular weight is 313 g/mol. The van der Waals surface area contributed by atoms with Gasteiger partial charge in [-0.05, 0) is 44.1 Å². The Morgan fingerprint density at radius 2 is 2.14 bits per heavy atom. The van der Waals surface area contributed by atoms with E-state index in [1.54, 1.807) is 4.57 Å². The van der Waals surface area contributed by atoms with Crippen molar-refractivity contribution in [1.82, 2.24) is 14.5 Å². The predicted molar refractivity (Wildman–Crippen MR) is 77.8 cm³/mol. The molecule has 0 saturated carbocycles. The van der Waals surface area contributed by atoms with Crippen LogP contribution in [0.1, 0.15) is 25.3 Å². The molecule has 1 aliphatic rings. The number of likely N-dealkylation sites (N-methyl/N-ethyl adjacent to an activating group) is 1. The summed E-state index contributed by atoms with van der Waals surface area (Å²) in [4.78, 5) is 16.9. The number of nitrogens with zero attached hydrogens (tertiary/aromatic N) is 2. The second kappa shape index (κ2) is 5.46. The number of benzene rings is 1. The minimum atomic E-state index is -4.41. The lowest BCUT2D eigenvalue weighted by atomic mass is 10.2. The second-order valence-electron chi connectivity index (χ2n) is 5.70. The van der Waals surface area contributed by atoms with Gasteiger partial charge in [0.2, 0.25) is 0 Å². The van der Waals surface area contributed by atoms with Gasteiger partial charge in [-0.25, -0.2) is 4.79 Å². The third-order valence-electron chi connectivity index (χ3n) is 4.40. The first-order chi connectivity index (χ1) is 10.4. The van der Waals surface area contributed by atoms with Crippen molar-refractivity contribution < 1.29 is 13.2 Å². The van der Waals surface area contributed by atoms with E-state index in [1.165, 1.54) is 6.07 Å². The normalized spacial score (nSPS) is 20.1. The fourth-order valence-corrected chi connectivity index (χ4v) is 3.25. The third-order valence-corrected chi connectivity index (χ3v) is 4.40. The molecule has 7 heteroatoms. The van der Waals surface area contributed by atoms with E-state index in [4.69, 9.17) is 0 Å². The van der Waals surface area contributed by atoms with E-state index >= 15 is 0 Å². The van der Waals surface area contributed by atoms with Crippen LogP contribution in [0.3, 0.4) is 0 Å². The Morgan fingerprint density at radius 3 is 2.82 bits per heavy atom. The van der Waals surface area contributed by atoms with Gasteiger partial charge >= 0.3 is 11.9 Å². The fraction of sp³-hybridized carbons (Fsp3) is 0.533. The molecule has 0 bridgehead atoms. The van der Waals surface area contributed by atoms with Crippen LogP contribution >= 0.6 is 0 Å². The Balaban J connectivity index is 1.97. The van der Waals surface area contributed by atoms with Crippen LogP contribution in [-0.2, 0) is 12.7 Å². The number of likely N-dealkylation sites (tertiary alicyclic amines) is 1. The van der Waals surface area contributed by atoms with Crippen molar-refractivity contribution in [2.24, 2.45) is 0 Å². The van der Waals surface area contributed by atoms with Gasteiger partial charge in [-0.3, -0.25) is 9.47 Å². The van der Waals surface area contributed by atoms with Crippen LogP contribution in [0.4, 0.5) is 13.2 Å². The van der Waals surface area contributed by atoms with Gasteiger partial charge in [-0.15, -0.1) is 0 Å². The van der Waals surface area contributed by atoms with E-state index in [-0.39, 0.29) is 17.2 Å². The van der Waals surface area contributed by atoms with Gasteiger partial charge < -0.3 is 4.98 Å². The van der Waals surface area contributed by atoms with Gasteiger partial charge in [-0.2, -0.15) is 13.2 Å². The van der Waals surface area contributed by atoms with Crippen molar-refractivity contribution in [2.45, 2.75) is 38.5 Å². The summed E-state index contributed by atoms with van der Waals surface area (Å²) in [6.07, 6.45) is -2.31. The molecule has 0 radical (unpaired) electrons. The number of hydrogen-bond acceptors (Lipinski definition) is 2. The number of H-pyrrole nitrogens is 1. The predicted octanol–water partition coefficient (Wildman–Crippen LogP) is 2.83. The Kier molecular flexibility index (Phi) is 3.76. The molecule has 0 spiro atoms. The molecule has 120 valence electrons. The molecule has 1 N–H and O–H groups in total. The van der Waals surface area contributed by atoms with Gasteiger partial charge in [-0.1, -0.05) is 6.92 Å². The zero-order valence-electron chi connectivity index (χ0n) is 12.3. The number of nitrogens with one attached hydrogen (secondary N) is 1. The quantitative estimate of drug-likeness (QED) is 0.946. The first-order valence-corrected chi connectivity index (χ1v) is 7.44. The molecular weight excluding hydrogens is 295 g/mol. The minimum Gasteiger partial charge on any atom is -0.306 e. The van der Waals surface area contributed by atoms with E-state index in [2.05, 4.69) is 16.8 Å². The van der Waals surface area contributed by atoms with Gasteiger partial charge in [0.1, 0.15) is 0 Å². The summed E-state index contributed by atoms with van der Waals surface area (Å²) in [5, 5.41) is 0. The molecule has 22 heavy (non-hydrogen) atoms. The molecule has 2 aromatic rings. The standard InChI is InChI=1S/C15H18F3N3O/c1-2-20-7-3-4-11(20)9-21-13-6-5-10(15(16,17)18)8-12(13)19-14(21)22/h5-6,8,11H,2-4,7,9H2,1H3,(H,19,22). The van der Waals surface area contributed by atoms with Gasteiger partial charge in [0, 0.05) is 12.6 Å². The highest BCUT2D eigenvalue weighted by Gasteiger charge is 2.31. The fourth-order valence-electron chi connectivity index (χ4n) is 3.25. The summed E-state index contributed by atoms with van der Waals surface area (Å²) in [6.45, 7) is 4.51. The van der Waals surface area contributed by atoms with E-state index in [0.29, 0.717) is 12.1 Å². The maximum absolute atomic E-state index is 12.7. The maximum atomic E-state index is 12.7. The minimum absolute atomic E-state index is 0.237. The molecular formula is C15H18F3N3O. The van der Waals surface area contributed by atoms with Crippen molar-refractivity contribution in [3.8, 4) is 0 Å². The zero-order chi connectivity index (χ0) is 15.9. The molecule has 0 aliphatic carbocycles. The van der Waals surface area contributed by atoms with Crippen LogP contribution in [0.5, 0.6) is 0 Å². The highest BCUT2D eigenvalue weighted by Crippen LogP contribution is 2.31. The zero-order valence-corrected chi connectivity index (χ0v) is 12.3. The van der Waals surface area contributed by atoms with Gasteiger partial charge in [0.25, 0.3) is 0 Å². The monoisotopic (exact) mass is 313 g/mol. The molecule has 1 aliphatic heterocycles. The Morgan fingerprint density at radius 1 is 1.36 bits per heavy atom. The number of halogens is 3. The SMILES string of the molecule is CCN1CCCC1Cn1c(=O)[nH]c2cc(C(F)(F)F)ccc21. The third kappa shape index (κ3) is 2.65. The average Bonchev–Trinajstić information content (AvgIpc) is 3.02. The first-order valence-electron chi connectivity index (χ1n) is 7.44. The molecule has 1 fully saturated rings. The lowest BCUT2D eigenvalue weighted by Crippen LogP contribution is -2.35. The highest BCUT2D eigenvalue weighted by molar-refractivity contribution is 5.76. The van der Waals surface area contributed by atoms with Crippen LogP contribution in [0.2, 0.25) is 0 Å². The van der Waals surface area contributed by atoms with Gasteiger partial charge in [0.05, 0.1) is 16.6 Å². The van der Waals surface area contributed by atoms with Crippen LogP contribution in [-0.4, -0.2) is 33.6 Å². The molecule has 2 heterocycles. The number of fused-ring (bicyclic) bond motifs is 1. The lowest BCUT2D eigenvalue weighted by molar-refractivity contribution is -0.137. The van der Waals surface area contributed by atoms with Crippen molar-refractivity contribution in [3.05, 3.63) is 34.2 Å². The molecule has 1 atom stereocenters. The molecule has 0 amide bonds. The molecule has 1 unspecified atom stereocenters. The van der Waals surface area contributed by atoms with Crippen molar-refractivity contribution in [3.63, 3.8) is 0 Å². The number of aromatic amines is 1. The van der Waals surface area contributed by atoms with E-state index in [1.807, 2.05) is 0 Å². The Labute approximate surface area is 125 Å². The number of hydrogen-bond donors (Lipinski definition) is 1. The summed E-state index contributed by atoms with van der Waals surface area (Å²) >= 11 is 0. The molecule has 1 aromatic carbocycles. The summed E-state index contributed by atoms with van der Waals surface area (Å²) in [5.41, 5.74) is -0.330. The van der Waals surface area contributed by atoms with Crippen LogP contribution in [0.15, 0.2) is 23.0 Å². The number of alkyl halides is 3. The van der Waals surface area contributed by atoms with Crippen LogP contribution in [0, 0.1) is 0 Å². The Bertz CT molecular complexity index is 732. The number of imidazole rings is 1. The summed E-state index contributed by atoms with van der Waals surface area (Å²) < 4.78 is 39.8. The first kappa shape index (κ1) is 15.1. The summed E-state index contributed by atoms with van der Waals surface area (Å²) in [6, 6.07) is 3.67. The maximum Gasteiger partial charge on any atom is 0.416 e. The highest BCUT2D eigenvalue weighted by atomic mass is 19.4. The summed E-state index contributed by atoms with van der Waals surface area (Å²) in [5.74, 6) is 0. The largest absolute Gasteiger partial charge is 0.416 e. The molecule has 3 rings (SSSR count). The second-order valence-corrected chi connectivity index (χ2v) is 5.70. The topological polar surface area (TPSA) is 41.0 Å². The van der Waals surface area contributed by atoms with E-state index in [0.717, 1.165) is 38.1 Å². The molecule has 1 saturated heterocycles. The van der Waals surface area contributed by atoms with Gasteiger partial charge in [0.15, 0.2) is 0 Å². The number of rotatable bonds is 3. The van der Waals surface area contributed by atoms with Crippen molar-refractivity contribution in [1.29, 1.82) is 0 Å². The smallest absolute Gasteiger partial charge is 0.306 e. The van der Waals surface area contributed by atoms with E-state index < -0.39 is 11.7 Å². The summed E-state index contributed by atoms with van der Waals surface area (Å²) in [7, 11) is 0. The van der Waals surface area contributed by atoms with Crippen LogP contribution < -0.4 is 5.69 Å². The van der Waals surface area contributed by atoms with Crippen molar-refractivity contribution >= 4 is 11.0 Å². The van der Waals surface area contributed by atoms with Crippen LogP contribution in [0.25, 0.3) is 11.0 Å². The molecule has 1 aromatic heterocycles. The van der Waals surface area contributed by atoms with E-state index in [9.17, 15) is 18.0 Å². The Hall–Kier alpha value is -1.76. The van der Waals surface area contributed by atoms with Crippen molar-refractivity contribution in [2.75, 3.05) is 13.1 Å². The number of aromatic nitrogens is 2. The molecule has 4 nitrogen and oxygen atoms in total. The lowest BCUT2D eigenvalue weighted by Gasteiger charge is -2.22.